The lowest BCUT2D eigenvalue weighted by Crippen LogP contribution is -2.35. The fourth-order valence-corrected chi connectivity index (χ4v) is 3.74. The van der Waals surface area contributed by atoms with Gasteiger partial charge in [-0.25, -0.2) is 12.8 Å². The number of sulfone groups is 1. The van der Waals surface area contributed by atoms with E-state index >= 15 is 0 Å². The second kappa shape index (κ2) is 6.40. The number of hydrogen-bond acceptors (Lipinski definition) is 5. The zero-order valence-corrected chi connectivity index (χ0v) is 12.2. The number of nitrogens with one attached hydrogen (secondary N) is 1. The first-order valence-electron chi connectivity index (χ1n) is 6.52. The number of ether oxygens (including phenoxy) is 1. The van der Waals surface area contributed by atoms with Crippen LogP contribution in [0, 0.1) is 5.82 Å². The monoisotopic (exact) mass is 316 g/mol. The summed E-state index contributed by atoms with van der Waals surface area (Å²) >= 11 is 0. The van der Waals surface area contributed by atoms with Crippen LogP contribution >= 0.6 is 0 Å². The molecule has 0 spiro atoms. The highest BCUT2D eigenvalue weighted by molar-refractivity contribution is 7.92. The normalized spacial score (nSPS) is 16.6. The lowest BCUT2D eigenvalue weighted by atomic mass is 10.2. The molecule has 116 valence electrons. The standard InChI is InChI=1S/C13H17FN2O4S/c14-9-1-2-11(15)12(7-9)16-13(17)8-21(18,19)10-3-5-20-6-4-10/h1-2,7,10H,3-6,8,15H2,(H,16,17). The predicted octanol–water partition coefficient (Wildman–Crippen LogP) is 0.940. The number of benzene rings is 1. The zero-order valence-electron chi connectivity index (χ0n) is 11.3. The number of carbonyl (C=O) groups is 1. The quantitative estimate of drug-likeness (QED) is 0.806. The van der Waals surface area contributed by atoms with Crippen molar-refractivity contribution in [2.45, 2.75) is 18.1 Å². The van der Waals surface area contributed by atoms with Gasteiger partial charge in [0, 0.05) is 13.2 Å². The van der Waals surface area contributed by atoms with E-state index in [0.29, 0.717) is 26.1 Å². The molecule has 0 aliphatic carbocycles. The molecule has 1 aliphatic rings. The van der Waals surface area contributed by atoms with Crippen LogP contribution in [0.3, 0.4) is 0 Å². The van der Waals surface area contributed by atoms with Crippen molar-refractivity contribution in [2.24, 2.45) is 0 Å². The SMILES string of the molecule is Nc1ccc(F)cc1NC(=O)CS(=O)(=O)C1CCOCC1. The molecule has 0 aromatic heterocycles. The summed E-state index contributed by atoms with van der Waals surface area (Å²) in [5.74, 6) is -1.93. The molecular weight excluding hydrogens is 299 g/mol. The number of hydrogen-bond donors (Lipinski definition) is 2. The van der Waals surface area contributed by atoms with E-state index in [9.17, 15) is 17.6 Å². The Hall–Kier alpha value is -1.67. The zero-order chi connectivity index (χ0) is 15.5. The van der Waals surface area contributed by atoms with Gasteiger partial charge < -0.3 is 15.8 Å². The van der Waals surface area contributed by atoms with Gasteiger partial charge in [-0.1, -0.05) is 0 Å². The molecule has 1 aliphatic heterocycles. The Morgan fingerprint density at radius 1 is 1.38 bits per heavy atom. The number of rotatable bonds is 4. The van der Waals surface area contributed by atoms with Crippen LogP contribution in [-0.4, -0.2) is 38.5 Å². The number of nitrogens with two attached hydrogens (primary N) is 1. The van der Waals surface area contributed by atoms with Gasteiger partial charge >= 0.3 is 0 Å². The molecule has 1 fully saturated rings. The molecule has 1 aromatic carbocycles. The third-order valence-corrected chi connectivity index (χ3v) is 5.45. The minimum absolute atomic E-state index is 0.0715. The fourth-order valence-electron chi connectivity index (χ4n) is 2.16. The lowest BCUT2D eigenvalue weighted by molar-refractivity contribution is -0.113. The van der Waals surface area contributed by atoms with Crippen LogP contribution in [0.4, 0.5) is 15.8 Å². The Labute approximate surface area is 122 Å². The maximum Gasteiger partial charge on any atom is 0.239 e. The third kappa shape index (κ3) is 4.15. The number of anilines is 2. The number of nitrogen functional groups attached to an aromatic ring is 1. The smallest absolute Gasteiger partial charge is 0.239 e. The van der Waals surface area contributed by atoms with Crippen LogP contribution in [0.1, 0.15) is 12.8 Å². The minimum Gasteiger partial charge on any atom is -0.397 e. The summed E-state index contributed by atoms with van der Waals surface area (Å²) in [6.07, 6.45) is 0.773. The molecule has 0 bridgehead atoms. The van der Waals surface area contributed by atoms with Crippen molar-refractivity contribution in [2.75, 3.05) is 30.0 Å². The summed E-state index contributed by atoms with van der Waals surface area (Å²) in [4.78, 5) is 11.8. The van der Waals surface area contributed by atoms with Crippen molar-refractivity contribution in [1.29, 1.82) is 0 Å². The van der Waals surface area contributed by atoms with E-state index in [1.165, 1.54) is 6.07 Å². The molecular formula is C13H17FN2O4S. The molecule has 0 saturated carbocycles. The molecule has 1 saturated heterocycles. The average Bonchev–Trinajstić information content (AvgIpc) is 2.43. The summed E-state index contributed by atoms with van der Waals surface area (Å²) < 4.78 is 42.4. The van der Waals surface area contributed by atoms with Crippen molar-refractivity contribution in [1.82, 2.24) is 0 Å². The van der Waals surface area contributed by atoms with Gasteiger partial charge in [-0.2, -0.15) is 0 Å². The highest BCUT2D eigenvalue weighted by Gasteiger charge is 2.29. The van der Waals surface area contributed by atoms with Crippen molar-refractivity contribution in [3.8, 4) is 0 Å². The van der Waals surface area contributed by atoms with Gasteiger partial charge in [0.15, 0.2) is 9.84 Å². The largest absolute Gasteiger partial charge is 0.397 e. The average molecular weight is 316 g/mol. The van der Waals surface area contributed by atoms with Crippen molar-refractivity contribution >= 4 is 27.1 Å². The first-order chi connectivity index (χ1) is 9.88. The first kappa shape index (κ1) is 15.7. The van der Waals surface area contributed by atoms with Gasteiger partial charge in [-0.15, -0.1) is 0 Å². The van der Waals surface area contributed by atoms with E-state index in [2.05, 4.69) is 5.32 Å². The van der Waals surface area contributed by atoms with Gasteiger partial charge in [-0.05, 0) is 31.0 Å². The maximum absolute atomic E-state index is 13.1. The predicted molar refractivity (Wildman–Crippen MR) is 77.1 cm³/mol. The summed E-state index contributed by atoms with van der Waals surface area (Å²) in [5, 5.41) is 1.76. The van der Waals surface area contributed by atoms with E-state index in [1.807, 2.05) is 0 Å². The summed E-state index contributed by atoms with van der Waals surface area (Å²) in [7, 11) is -3.55. The van der Waals surface area contributed by atoms with Crippen LogP contribution in [0.2, 0.25) is 0 Å². The Balaban J connectivity index is 2.02. The van der Waals surface area contributed by atoms with Crippen LogP contribution in [0.5, 0.6) is 0 Å². The van der Waals surface area contributed by atoms with E-state index in [4.69, 9.17) is 10.5 Å². The van der Waals surface area contributed by atoms with E-state index < -0.39 is 32.6 Å². The van der Waals surface area contributed by atoms with Gasteiger partial charge in [0.1, 0.15) is 11.6 Å². The Kier molecular flexibility index (Phi) is 4.79. The molecule has 6 nitrogen and oxygen atoms in total. The molecule has 1 aromatic rings. The molecule has 0 unspecified atom stereocenters. The Morgan fingerprint density at radius 2 is 2.05 bits per heavy atom. The molecule has 3 N–H and O–H groups in total. The summed E-state index contributed by atoms with van der Waals surface area (Å²) in [5.41, 5.74) is 5.84. The van der Waals surface area contributed by atoms with Gasteiger partial charge in [-0.3, -0.25) is 4.79 Å². The highest BCUT2D eigenvalue weighted by atomic mass is 32.2. The van der Waals surface area contributed by atoms with Crippen molar-refractivity contribution in [3.63, 3.8) is 0 Å². The topological polar surface area (TPSA) is 98.5 Å². The van der Waals surface area contributed by atoms with Crippen LogP contribution in [-0.2, 0) is 19.4 Å². The molecule has 21 heavy (non-hydrogen) atoms. The molecule has 2 rings (SSSR count). The number of carbonyl (C=O) groups excluding carboxylic acids is 1. The van der Waals surface area contributed by atoms with E-state index in [-0.39, 0.29) is 11.4 Å². The van der Waals surface area contributed by atoms with Gasteiger partial charge in [0.25, 0.3) is 0 Å². The third-order valence-electron chi connectivity index (χ3n) is 3.30. The van der Waals surface area contributed by atoms with E-state index in [0.717, 1.165) is 12.1 Å². The second-order valence-electron chi connectivity index (χ2n) is 4.90. The minimum atomic E-state index is -3.55. The first-order valence-corrected chi connectivity index (χ1v) is 8.24. The highest BCUT2D eigenvalue weighted by Crippen LogP contribution is 2.20. The summed E-state index contributed by atoms with van der Waals surface area (Å²) in [6.45, 7) is 0.755. The number of amides is 1. The summed E-state index contributed by atoms with van der Waals surface area (Å²) in [6, 6.07) is 3.51. The van der Waals surface area contributed by atoms with E-state index in [1.54, 1.807) is 0 Å². The Morgan fingerprint density at radius 3 is 2.71 bits per heavy atom. The molecule has 0 radical (unpaired) electrons. The van der Waals surface area contributed by atoms with Crippen LogP contribution in [0.15, 0.2) is 18.2 Å². The maximum atomic E-state index is 13.1. The molecule has 0 atom stereocenters. The van der Waals surface area contributed by atoms with Gasteiger partial charge in [0.05, 0.1) is 16.6 Å². The van der Waals surface area contributed by atoms with Crippen LogP contribution in [0.25, 0.3) is 0 Å². The van der Waals surface area contributed by atoms with Crippen LogP contribution < -0.4 is 11.1 Å². The number of halogens is 1. The molecule has 8 heteroatoms. The van der Waals surface area contributed by atoms with Crippen molar-refractivity contribution < 1.29 is 22.3 Å². The Bertz CT molecular complexity index is 627. The second-order valence-corrected chi connectivity index (χ2v) is 7.18. The van der Waals surface area contributed by atoms with Crippen molar-refractivity contribution in [3.05, 3.63) is 24.0 Å². The molecule has 1 amide bonds. The molecule has 1 heterocycles. The fraction of sp³-hybridized carbons (Fsp3) is 0.462. The van der Waals surface area contributed by atoms with Gasteiger partial charge in [0.2, 0.25) is 5.91 Å². The lowest BCUT2D eigenvalue weighted by Gasteiger charge is -2.21.